The first-order valence-electron chi connectivity index (χ1n) is 6.76. The lowest BCUT2D eigenvalue weighted by atomic mass is 9.86. The number of likely N-dealkylation sites (tertiary alicyclic amines) is 1. The average Bonchev–Trinajstić information content (AvgIpc) is 2.60. The van der Waals surface area contributed by atoms with Crippen LogP contribution in [-0.2, 0) is 0 Å². The van der Waals surface area contributed by atoms with Gasteiger partial charge in [0.2, 0.25) is 0 Å². The van der Waals surface area contributed by atoms with Crippen LogP contribution >= 0.6 is 0 Å². The molecule has 94 valence electrons. The van der Waals surface area contributed by atoms with E-state index in [0.717, 1.165) is 19.1 Å². The van der Waals surface area contributed by atoms with Gasteiger partial charge in [0.05, 0.1) is 0 Å². The lowest BCUT2D eigenvalue weighted by molar-refractivity contribution is 0.0410. The summed E-state index contributed by atoms with van der Waals surface area (Å²) in [6.45, 7) is 7.76. The van der Waals surface area contributed by atoms with Gasteiger partial charge in [-0.3, -0.25) is 9.80 Å². The first-order valence-corrected chi connectivity index (χ1v) is 6.76. The van der Waals surface area contributed by atoms with E-state index in [9.17, 15) is 0 Å². The van der Waals surface area contributed by atoms with E-state index in [-0.39, 0.29) is 5.54 Å². The van der Waals surface area contributed by atoms with Crippen LogP contribution in [0, 0.1) is 0 Å². The molecular formula is C13H27N3. The van der Waals surface area contributed by atoms with Crippen LogP contribution < -0.4 is 5.73 Å². The molecular weight excluding hydrogens is 198 g/mol. The van der Waals surface area contributed by atoms with E-state index in [2.05, 4.69) is 30.7 Å². The first kappa shape index (κ1) is 12.3. The van der Waals surface area contributed by atoms with Crippen LogP contribution in [0.1, 0.15) is 39.5 Å². The Morgan fingerprint density at radius 2 is 2.12 bits per heavy atom. The van der Waals surface area contributed by atoms with Crippen molar-refractivity contribution in [3.8, 4) is 0 Å². The van der Waals surface area contributed by atoms with E-state index in [1.165, 1.54) is 32.2 Å². The molecule has 3 heteroatoms. The molecule has 1 aliphatic heterocycles. The largest absolute Gasteiger partial charge is 0.329 e. The predicted octanol–water partition coefficient (Wildman–Crippen LogP) is 1.28. The summed E-state index contributed by atoms with van der Waals surface area (Å²) in [4.78, 5) is 5.17. The minimum absolute atomic E-state index is 0.259. The van der Waals surface area contributed by atoms with Crippen LogP contribution in [0.3, 0.4) is 0 Å². The zero-order valence-corrected chi connectivity index (χ0v) is 11.1. The quantitative estimate of drug-likeness (QED) is 0.782. The van der Waals surface area contributed by atoms with Crippen LogP contribution in [0.15, 0.2) is 0 Å². The third kappa shape index (κ3) is 2.01. The van der Waals surface area contributed by atoms with Crippen LogP contribution in [0.25, 0.3) is 0 Å². The fraction of sp³-hybridized carbons (Fsp3) is 1.00. The predicted molar refractivity (Wildman–Crippen MR) is 68.5 cm³/mol. The molecule has 0 bridgehead atoms. The van der Waals surface area contributed by atoms with Gasteiger partial charge in [0.25, 0.3) is 0 Å². The van der Waals surface area contributed by atoms with Crippen molar-refractivity contribution in [2.45, 2.75) is 57.2 Å². The molecule has 0 aromatic carbocycles. The summed E-state index contributed by atoms with van der Waals surface area (Å²) in [6.07, 6.45) is 5.40. The molecule has 16 heavy (non-hydrogen) atoms. The molecule has 1 aliphatic carbocycles. The lowest BCUT2D eigenvalue weighted by Crippen LogP contribution is -2.59. The number of hydrogen-bond donors (Lipinski definition) is 1. The van der Waals surface area contributed by atoms with Crippen molar-refractivity contribution in [2.24, 2.45) is 5.73 Å². The van der Waals surface area contributed by atoms with Gasteiger partial charge in [-0.15, -0.1) is 0 Å². The van der Waals surface area contributed by atoms with Gasteiger partial charge in [0.1, 0.15) is 0 Å². The highest BCUT2D eigenvalue weighted by Crippen LogP contribution is 2.34. The Hall–Kier alpha value is -0.120. The van der Waals surface area contributed by atoms with Gasteiger partial charge in [-0.1, -0.05) is 6.42 Å². The molecule has 1 saturated heterocycles. The van der Waals surface area contributed by atoms with Gasteiger partial charge in [-0.05, 0) is 40.2 Å². The van der Waals surface area contributed by atoms with Crippen molar-refractivity contribution in [1.82, 2.24) is 9.80 Å². The fourth-order valence-corrected chi connectivity index (χ4v) is 3.09. The Labute approximate surface area is 100.0 Å². The second-order valence-corrected chi connectivity index (χ2v) is 5.94. The van der Waals surface area contributed by atoms with Gasteiger partial charge < -0.3 is 5.73 Å². The number of nitrogens with two attached hydrogens (primary N) is 1. The Kier molecular flexibility index (Phi) is 3.57. The molecule has 1 saturated carbocycles. The first-order chi connectivity index (χ1) is 7.59. The smallest absolute Gasteiger partial charge is 0.0470 e. The molecule has 1 heterocycles. The average molecular weight is 225 g/mol. The van der Waals surface area contributed by atoms with Crippen molar-refractivity contribution in [1.29, 1.82) is 0 Å². The Balaban J connectivity index is 2.02. The van der Waals surface area contributed by atoms with Crippen LogP contribution in [-0.4, -0.2) is 54.1 Å². The minimum Gasteiger partial charge on any atom is -0.329 e. The molecule has 0 aromatic rings. The summed E-state index contributed by atoms with van der Waals surface area (Å²) < 4.78 is 0. The van der Waals surface area contributed by atoms with Gasteiger partial charge in [0, 0.05) is 37.3 Å². The molecule has 2 fully saturated rings. The number of hydrogen-bond acceptors (Lipinski definition) is 3. The summed E-state index contributed by atoms with van der Waals surface area (Å²) in [5.74, 6) is 0. The summed E-state index contributed by atoms with van der Waals surface area (Å²) >= 11 is 0. The maximum atomic E-state index is 6.08. The maximum Gasteiger partial charge on any atom is 0.0470 e. The summed E-state index contributed by atoms with van der Waals surface area (Å²) in [7, 11) is 2.29. The molecule has 2 N–H and O–H groups in total. The molecule has 1 unspecified atom stereocenters. The zero-order valence-electron chi connectivity index (χ0n) is 11.1. The second-order valence-electron chi connectivity index (χ2n) is 5.94. The monoisotopic (exact) mass is 225 g/mol. The Bertz CT molecular complexity index is 237. The minimum atomic E-state index is 0.259. The van der Waals surface area contributed by atoms with Gasteiger partial charge in [-0.25, -0.2) is 0 Å². The normalized spacial score (nSPS) is 32.6. The molecule has 1 atom stereocenters. The fourth-order valence-electron chi connectivity index (χ4n) is 3.09. The highest BCUT2D eigenvalue weighted by Gasteiger charge is 2.44. The van der Waals surface area contributed by atoms with Crippen molar-refractivity contribution < 1.29 is 0 Å². The van der Waals surface area contributed by atoms with E-state index < -0.39 is 0 Å². The van der Waals surface area contributed by atoms with E-state index in [1.54, 1.807) is 0 Å². The third-order valence-corrected chi connectivity index (χ3v) is 4.84. The molecule has 2 aliphatic rings. The lowest BCUT2D eigenvalue weighted by Gasteiger charge is -2.46. The van der Waals surface area contributed by atoms with Crippen molar-refractivity contribution >= 4 is 0 Å². The van der Waals surface area contributed by atoms with Crippen LogP contribution in [0.5, 0.6) is 0 Å². The van der Waals surface area contributed by atoms with Gasteiger partial charge in [-0.2, -0.15) is 0 Å². The van der Waals surface area contributed by atoms with E-state index >= 15 is 0 Å². The molecule has 2 rings (SSSR count). The highest BCUT2D eigenvalue weighted by atomic mass is 15.3. The van der Waals surface area contributed by atoms with Crippen LogP contribution in [0.4, 0.5) is 0 Å². The standard InChI is InChI=1S/C13H27N3/c1-11(2)16-8-7-13(9-14,10-16)15(3)12-5-4-6-12/h11-12H,4-10,14H2,1-3H3. The van der Waals surface area contributed by atoms with Crippen molar-refractivity contribution in [2.75, 3.05) is 26.7 Å². The number of likely N-dealkylation sites (N-methyl/N-ethyl adjacent to an activating group) is 1. The van der Waals surface area contributed by atoms with Gasteiger partial charge in [0.15, 0.2) is 0 Å². The Morgan fingerprint density at radius 3 is 2.50 bits per heavy atom. The van der Waals surface area contributed by atoms with Crippen LogP contribution in [0.2, 0.25) is 0 Å². The maximum absolute atomic E-state index is 6.08. The zero-order chi connectivity index (χ0) is 11.8. The summed E-state index contributed by atoms with van der Waals surface area (Å²) in [6, 6.07) is 1.46. The molecule has 0 aromatic heterocycles. The molecule has 0 amide bonds. The molecule has 3 nitrogen and oxygen atoms in total. The van der Waals surface area contributed by atoms with E-state index in [1.807, 2.05) is 0 Å². The number of rotatable bonds is 4. The van der Waals surface area contributed by atoms with Gasteiger partial charge >= 0.3 is 0 Å². The third-order valence-electron chi connectivity index (χ3n) is 4.84. The Morgan fingerprint density at radius 1 is 1.44 bits per heavy atom. The summed E-state index contributed by atoms with van der Waals surface area (Å²) in [5.41, 5.74) is 6.34. The highest BCUT2D eigenvalue weighted by molar-refractivity contribution is 5.02. The van der Waals surface area contributed by atoms with E-state index in [0.29, 0.717) is 6.04 Å². The SMILES string of the molecule is CC(C)N1CCC(CN)(N(C)C2CCC2)C1. The van der Waals surface area contributed by atoms with Crippen molar-refractivity contribution in [3.63, 3.8) is 0 Å². The second kappa shape index (κ2) is 4.63. The summed E-state index contributed by atoms with van der Waals surface area (Å²) in [5, 5.41) is 0. The molecule has 0 spiro atoms. The van der Waals surface area contributed by atoms with E-state index in [4.69, 9.17) is 5.73 Å². The van der Waals surface area contributed by atoms with Crippen molar-refractivity contribution in [3.05, 3.63) is 0 Å². The topological polar surface area (TPSA) is 32.5 Å². The number of nitrogens with zero attached hydrogens (tertiary/aromatic N) is 2. The molecule has 0 radical (unpaired) electrons.